The third-order valence-electron chi connectivity index (χ3n) is 4.22. The number of piperidine rings is 1. The van der Waals surface area contributed by atoms with Crippen molar-refractivity contribution in [3.8, 4) is 5.13 Å². The van der Waals surface area contributed by atoms with E-state index in [1.807, 2.05) is 6.92 Å². The molecule has 1 aliphatic heterocycles. The van der Waals surface area contributed by atoms with Crippen LogP contribution >= 0.6 is 11.3 Å². The molecule has 3 rings (SSSR count). The molecule has 0 radical (unpaired) electrons. The largest absolute Gasteiger partial charge is 0.466 e. The minimum absolute atomic E-state index is 0.203. The lowest BCUT2D eigenvalue weighted by Gasteiger charge is -2.31. The Morgan fingerprint density at radius 1 is 1.40 bits per heavy atom. The van der Waals surface area contributed by atoms with Gasteiger partial charge in [-0.25, -0.2) is 4.98 Å². The fourth-order valence-corrected chi connectivity index (χ4v) is 3.67. The van der Waals surface area contributed by atoms with Crippen LogP contribution in [0.5, 0.6) is 0 Å². The molecule has 0 saturated carbocycles. The Bertz CT molecular complexity index is 785. The van der Waals surface area contributed by atoms with Crippen LogP contribution in [0.1, 0.15) is 40.8 Å². The fourth-order valence-electron chi connectivity index (χ4n) is 2.91. The average Bonchev–Trinajstić information content (AvgIpc) is 3.20. The van der Waals surface area contributed by atoms with Crippen LogP contribution in [-0.2, 0) is 9.53 Å². The van der Waals surface area contributed by atoms with Gasteiger partial charge >= 0.3 is 5.97 Å². The van der Waals surface area contributed by atoms with Gasteiger partial charge < -0.3 is 9.64 Å². The predicted molar refractivity (Wildman–Crippen MR) is 91.8 cm³/mol. The number of hydrogen-bond acceptors (Lipinski definition) is 7. The number of aryl methyl sites for hydroxylation is 1. The maximum Gasteiger partial charge on any atom is 0.310 e. The van der Waals surface area contributed by atoms with E-state index < -0.39 is 0 Å². The molecule has 0 N–H and O–H groups in total. The minimum atomic E-state index is -0.269. The van der Waals surface area contributed by atoms with E-state index in [2.05, 4.69) is 15.3 Å². The second-order valence-corrected chi connectivity index (χ2v) is 7.24. The van der Waals surface area contributed by atoms with Crippen LogP contribution in [0.3, 0.4) is 0 Å². The summed E-state index contributed by atoms with van der Waals surface area (Å²) in [5.74, 6) is -0.709. The Kier molecular flexibility index (Phi) is 5.12. The van der Waals surface area contributed by atoms with E-state index in [0.29, 0.717) is 36.2 Å². The summed E-state index contributed by atoms with van der Waals surface area (Å²) in [5.41, 5.74) is 0.954. The van der Waals surface area contributed by atoms with Crippen LogP contribution in [0.2, 0.25) is 0 Å². The lowest BCUT2D eigenvalue weighted by molar-refractivity contribution is -0.149. The van der Waals surface area contributed by atoms with Gasteiger partial charge in [0.05, 0.1) is 18.2 Å². The highest BCUT2D eigenvalue weighted by atomic mass is 32.1. The molecule has 1 fully saturated rings. The molecule has 1 saturated heterocycles. The molecular formula is C16H21N5O3S. The molecule has 1 amide bonds. The van der Waals surface area contributed by atoms with E-state index in [1.54, 1.807) is 29.6 Å². The third-order valence-corrected chi connectivity index (χ3v) is 5.10. The SMILES string of the molecule is CCOC(=O)[C@@H]1CCCN(C(=O)c2nnn(-c3ncc(C)s3)c2C)C1. The van der Waals surface area contributed by atoms with Crippen LogP contribution in [0.15, 0.2) is 6.20 Å². The van der Waals surface area contributed by atoms with Crippen LogP contribution in [0.4, 0.5) is 0 Å². The maximum absolute atomic E-state index is 12.8. The monoisotopic (exact) mass is 363 g/mol. The molecule has 0 unspecified atom stereocenters. The molecule has 2 aromatic rings. The van der Waals surface area contributed by atoms with Crippen molar-refractivity contribution in [1.82, 2.24) is 24.9 Å². The number of ether oxygens (including phenoxy) is 1. The second kappa shape index (κ2) is 7.30. The molecule has 1 atom stereocenters. The van der Waals surface area contributed by atoms with E-state index in [4.69, 9.17) is 4.74 Å². The molecular weight excluding hydrogens is 342 g/mol. The normalized spacial score (nSPS) is 17.6. The third kappa shape index (κ3) is 3.55. The predicted octanol–water partition coefficient (Wildman–Crippen LogP) is 1.76. The number of amides is 1. The zero-order valence-corrected chi connectivity index (χ0v) is 15.4. The molecule has 0 aromatic carbocycles. The Morgan fingerprint density at radius 2 is 2.20 bits per heavy atom. The first-order valence-electron chi connectivity index (χ1n) is 8.32. The quantitative estimate of drug-likeness (QED) is 0.769. The Morgan fingerprint density at radius 3 is 2.88 bits per heavy atom. The van der Waals surface area contributed by atoms with Gasteiger partial charge in [0.2, 0.25) is 5.13 Å². The van der Waals surface area contributed by atoms with E-state index in [0.717, 1.165) is 17.7 Å². The number of rotatable bonds is 4. The standard InChI is InChI=1S/C16H21N5O3S/c1-4-24-15(23)12-6-5-7-20(9-12)14(22)13-11(3)21(19-18-13)16-17-8-10(2)25-16/h8,12H,4-7,9H2,1-3H3/t12-/m1/s1. The summed E-state index contributed by atoms with van der Waals surface area (Å²) in [6.45, 7) is 6.87. The Balaban J connectivity index is 1.77. The van der Waals surface area contributed by atoms with Crippen molar-refractivity contribution < 1.29 is 14.3 Å². The topological polar surface area (TPSA) is 90.2 Å². The Hall–Kier alpha value is -2.29. The summed E-state index contributed by atoms with van der Waals surface area (Å²) in [6.07, 6.45) is 3.28. The second-order valence-electron chi connectivity index (χ2n) is 6.03. The van der Waals surface area contributed by atoms with Crippen LogP contribution in [0, 0.1) is 19.8 Å². The average molecular weight is 363 g/mol. The highest BCUT2D eigenvalue weighted by molar-refractivity contribution is 7.13. The van der Waals surface area contributed by atoms with Gasteiger partial charge in [-0.05, 0) is 33.6 Å². The number of hydrogen-bond donors (Lipinski definition) is 0. The molecule has 2 aromatic heterocycles. The van der Waals surface area contributed by atoms with Crippen molar-refractivity contribution in [2.45, 2.75) is 33.6 Å². The molecule has 8 nitrogen and oxygen atoms in total. The first-order chi connectivity index (χ1) is 12.0. The van der Waals surface area contributed by atoms with Gasteiger partial charge in [-0.15, -0.1) is 16.4 Å². The number of likely N-dealkylation sites (tertiary alicyclic amines) is 1. The summed E-state index contributed by atoms with van der Waals surface area (Å²) >= 11 is 1.49. The maximum atomic E-state index is 12.8. The molecule has 134 valence electrons. The molecule has 0 bridgehead atoms. The lowest BCUT2D eigenvalue weighted by Crippen LogP contribution is -2.43. The number of carbonyl (C=O) groups excluding carboxylic acids is 2. The summed E-state index contributed by atoms with van der Waals surface area (Å²) in [6, 6.07) is 0. The van der Waals surface area contributed by atoms with Gasteiger partial charge in [0.15, 0.2) is 5.69 Å². The van der Waals surface area contributed by atoms with E-state index in [-0.39, 0.29) is 17.8 Å². The van der Waals surface area contributed by atoms with Crippen molar-refractivity contribution in [2.24, 2.45) is 5.92 Å². The van der Waals surface area contributed by atoms with Gasteiger partial charge in [0, 0.05) is 24.2 Å². The molecule has 25 heavy (non-hydrogen) atoms. The lowest BCUT2D eigenvalue weighted by atomic mass is 9.98. The van der Waals surface area contributed by atoms with Crippen molar-refractivity contribution in [3.63, 3.8) is 0 Å². The van der Waals surface area contributed by atoms with E-state index in [1.165, 1.54) is 11.3 Å². The van der Waals surface area contributed by atoms with Crippen LogP contribution in [-0.4, -0.2) is 56.5 Å². The van der Waals surface area contributed by atoms with Crippen LogP contribution in [0.25, 0.3) is 5.13 Å². The highest BCUT2D eigenvalue weighted by Gasteiger charge is 2.32. The smallest absolute Gasteiger partial charge is 0.310 e. The first kappa shape index (κ1) is 17.5. The molecule has 3 heterocycles. The number of nitrogens with zero attached hydrogens (tertiary/aromatic N) is 5. The summed E-state index contributed by atoms with van der Waals surface area (Å²) in [7, 11) is 0. The van der Waals surface area contributed by atoms with Crippen molar-refractivity contribution in [1.29, 1.82) is 0 Å². The van der Waals surface area contributed by atoms with Crippen molar-refractivity contribution in [3.05, 3.63) is 22.5 Å². The minimum Gasteiger partial charge on any atom is -0.466 e. The summed E-state index contributed by atoms with van der Waals surface area (Å²) < 4.78 is 6.67. The summed E-state index contributed by atoms with van der Waals surface area (Å²) in [5, 5.41) is 8.81. The molecule has 0 spiro atoms. The highest BCUT2D eigenvalue weighted by Crippen LogP contribution is 2.22. The first-order valence-corrected chi connectivity index (χ1v) is 9.14. The van der Waals surface area contributed by atoms with E-state index >= 15 is 0 Å². The molecule has 0 aliphatic carbocycles. The van der Waals surface area contributed by atoms with Gasteiger partial charge in [-0.3, -0.25) is 9.59 Å². The van der Waals surface area contributed by atoms with Crippen molar-refractivity contribution in [2.75, 3.05) is 19.7 Å². The number of aromatic nitrogens is 4. The molecule has 9 heteroatoms. The zero-order chi connectivity index (χ0) is 18.0. The molecule has 1 aliphatic rings. The fraction of sp³-hybridized carbons (Fsp3) is 0.562. The van der Waals surface area contributed by atoms with Gasteiger partial charge in [0.1, 0.15) is 0 Å². The van der Waals surface area contributed by atoms with Crippen LogP contribution < -0.4 is 0 Å². The van der Waals surface area contributed by atoms with Gasteiger partial charge in [-0.1, -0.05) is 5.21 Å². The number of esters is 1. The van der Waals surface area contributed by atoms with Gasteiger partial charge in [-0.2, -0.15) is 4.68 Å². The Labute approximate surface area is 149 Å². The zero-order valence-electron chi connectivity index (χ0n) is 14.6. The van der Waals surface area contributed by atoms with E-state index in [9.17, 15) is 9.59 Å². The van der Waals surface area contributed by atoms with Gasteiger partial charge in [0.25, 0.3) is 5.91 Å². The van der Waals surface area contributed by atoms with Crippen molar-refractivity contribution >= 4 is 23.2 Å². The number of carbonyl (C=O) groups is 2. The summed E-state index contributed by atoms with van der Waals surface area (Å²) in [4.78, 5) is 31.8. The number of thiazole rings is 1.